The summed E-state index contributed by atoms with van der Waals surface area (Å²) in [5.41, 5.74) is 0.660. The van der Waals surface area contributed by atoms with Crippen molar-refractivity contribution in [2.24, 2.45) is 5.41 Å². The molecule has 104 valence electrons. The van der Waals surface area contributed by atoms with Crippen molar-refractivity contribution >= 4 is 0 Å². The molecule has 1 aromatic rings. The zero-order chi connectivity index (χ0) is 14.3. The first-order valence-corrected chi connectivity index (χ1v) is 6.44. The summed E-state index contributed by atoms with van der Waals surface area (Å²) in [7, 11) is 1.64. The lowest BCUT2D eigenvalue weighted by Gasteiger charge is -2.18. The maximum atomic E-state index is 8.97. The summed E-state index contributed by atoms with van der Waals surface area (Å²) < 4.78 is 10.9. The summed E-state index contributed by atoms with van der Waals surface area (Å²) in [6.45, 7) is 7.65. The van der Waals surface area contributed by atoms with Crippen LogP contribution in [0.15, 0.2) is 18.2 Å². The number of nitrogens with one attached hydrogen (secondary N) is 1. The van der Waals surface area contributed by atoms with Crippen LogP contribution in [0.2, 0.25) is 0 Å². The van der Waals surface area contributed by atoms with Crippen LogP contribution in [0.1, 0.15) is 26.3 Å². The first-order valence-electron chi connectivity index (χ1n) is 6.44. The standard InChI is InChI=1S/C15H22N2O2/c1-5-19-13-8-6-7-12(14(13)18-4)9-17-11-15(2,3)10-16/h6-8,17H,5,9,11H2,1-4H3. The van der Waals surface area contributed by atoms with Crippen LogP contribution < -0.4 is 14.8 Å². The molecule has 0 spiro atoms. The third-order valence-electron chi connectivity index (χ3n) is 2.75. The van der Waals surface area contributed by atoms with Gasteiger partial charge >= 0.3 is 0 Å². The predicted molar refractivity (Wildman–Crippen MR) is 75.3 cm³/mol. The number of benzene rings is 1. The van der Waals surface area contributed by atoms with Gasteiger partial charge in [0.1, 0.15) is 0 Å². The minimum Gasteiger partial charge on any atom is -0.493 e. The fourth-order valence-electron chi connectivity index (χ4n) is 1.75. The Bertz CT molecular complexity index is 450. The van der Waals surface area contributed by atoms with Gasteiger partial charge in [0, 0.05) is 18.7 Å². The summed E-state index contributed by atoms with van der Waals surface area (Å²) in [6.07, 6.45) is 0. The lowest BCUT2D eigenvalue weighted by molar-refractivity contribution is 0.308. The van der Waals surface area contributed by atoms with Gasteiger partial charge in [0.25, 0.3) is 0 Å². The Hall–Kier alpha value is -1.73. The molecule has 0 saturated heterocycles. The number of hydrogen-bond acceptors (Lipinski definition) is 4. The molecule has 0 aliphatic carbocycles. The molecular formula is C15H22N2O2. The summed E-state index contributed by atoms with van der Waals surface area (Å²) in [5, 5.41) is 12.3. The Kier molecular flexibility index (Phi) is 5.65. The van der Waals surface area contributed by atoms with E-state index in [1.54, 1.807) is 7.11 Å². The van der Waals surface area contributed by atoms with E-state index in [1.165, 1.54) is 0 Å². The monoisotopic (exact) mass is 262 g/mol. The molecule has 4 heteroatoms. The predicted octanol–water partition coefficient (Wildman–Crippen LogP) is 2.73. The highest BCUT2D eigenvalue weighted by Gasteiger charge is 2.16. The molecule has 0 aromatic heterocycles. The number of para-hydroxylation sites is 1. The van der Waals surface area contributed by atoms with Crippen LogP contribution in [0, 0.1) is 16.7 Å². The largest absolute Gasteiger partial charge is 0.493 e. The van der Waals surface area contributed by atoms with Gasteiger partial charge in [-0.3, -0.25) is 0 Å². The molecule has 0 aliphatic heterocycles. The van der Waals surface area contributed by atoms with Gasteiger partial charge < -0.3 is 14.8 Å². The molecule has 0 amide bonds. The highest BCUT2D eigenvalue weighted by Crippen LogP contribution is 2.31. The van der Waals surface area contributed by atoms with Crippen LogP contribution in [0.3, 0.4) is 0 Å². The smallest absolute Gasteiger partial charge is 0.165 e. The first kappa shape index (κ1) is 15.3. The third-order valence-corrected chi connectivity index (χ3v) is 2.75. The van der Waals surface area contributed by atoms with E-state index < -0.39 is 0 Å². The van der Waals surface area contributed by atoms with Crippen LogP contribution >= 0.6 is 0 Å². The Morgan fingerprint density at radius 1 is 1.37 bits per heavy atom. The molecule has 1 N–H and O–H groups in total. The quantitative estimate of drug-likeness (QED) is 0.821. The van der Waals surface area contributed by atoms with Gasteiger partial charge in [-0.1, -0.05) is 12.1 Å². The summed E-state index contributed by atoms with van der Waals surface area (Å²) >= 11 is 0. The molecule has 0 bridgehead atoms. The van der Waals surface area contributed by atoms with Gasteiger partial charge in [0.15, 0.2) is 11.5 Å². The zero-order valence-electron chi connectivity index (χ0n) is 12.1. The van der Waals surface area contributed by atoms with Crippen molar-refractivity contribution in [1.82, 2.24) is 5.32 Å². The summed E-state index contributed by atoms with van der Waals surface area (Å²) in [5.74, 6) is 1.51. The second-order valence-electron chi connectivity index (χ2n) is 4.98. The molecule has 4 nitrogen and oxygen atoms in total. The van der Waals surface area contributed by atoms with Crippen LogP contribution in [-0.4, -0.2) is 20.3 Å². The molecular weight excluding hydrogens is 240 g/mol. The Labute approximate surface area is 115 Å². The summed E-state index contributed by atoms with van der Waals surface area (Å²) in [6, 6.07) is 8.10. The molecule has 1 rings (SSSR count). The Morgan fingerprint density at radius 3 is 2.68 bits per heavy atom. The Balaban J connectivity index is 2.73. The van der Waals surface area contributed by atoms with Gasteiger partial charge in [-0.15, -0.1) is 0 Å². The number of hydrogen-bond donors (Lipinski definition) is 1. The molecule has 0 heterocycles. The van der Waals surface area contributed by atoms with Crippen molar-refractivity contribution in [2.75, 3.05) is 20.3 Å². The van der Waals surface area contributed by atoms with Gasteiger partial charge in [0.05, 0.1) is 25.2 Å². The average Bonchev–Trinajstić information content (AvgIpc) is 2.39. The van der Waals surface area contributed by atoms with Gasteiger partial charge in [-0.2, -0.15) is 5.26 Å². The van der Waals surface area contributed by atoms with Crippen molar-refractivity contribution in [3.63, 3.8) is 0 Å². The van der Waals surface area contributed by atoms with Crippen LogP contribution in [0.5, 0.6) is 11.5 Å². The fourth-order valence-corrected chi connectivity index (χ4v) is 1.75. The maximum Gasteiger partial charge on any atom is 0.165 e. The van der Waals surface area contributed by atoms with Crippen molar-refractivity contribution in [3.05, 3.63) is 23.8 Å². The van der Waals surface area contributed by atoms with Gasteiger partial charge in [-0.25, -0.2) is 0 Å². The van der Waals surface area contributed by atoms with Crippen molar-refractivity contribution in [2.45, 2.75) is 27.3 Å². The molecule has 0 radical (unpaired) electrons. The molecule has 0 unspecified atom stereocenters. The van der Waals surface area contributed by atoms with E-state index in [-0.39, 0.29) is 5.41 Å². The molecule has 19 heavy (non-hydrogen) atoms. The highest BCUT2D eigenvalue weighted by molar-refractivity contribution is 5.46. The molecule has 1 aromatic carbocycles. The van der Waals surface area contributed by atoms with Crippen molar-refractivity contribution in [3.8, 4) is 17.6 Å². The van der Waals surface area contributed by atoms with E-state index in [4.69, 9.17) is 14.7 Å². The highest BCUT2D eigenvalue weighted by atomic mass is 16.5. The molecule has 0 fully saturated rings. The molecule has 0 saturated carbocycles. The minimum absolute atomic E-state index is 0.370. The van der Waals surface area contributed by atoms with Crippen LogP contribution in [-0.2, 0) is 6.54 Å². The van der Waals surface area contributed by atoms with E-state index in [0.29, 0.717) is 19.7 Å². The number of nitriles is 1. The van der Waals surface area contributed by atoms with E-state index in [2.05, 4.69) is 11.4 Å². The van der Waals surface area contributed by atoms with Crippen molar-refractivity contribution < 1.29 is 9.47 Å². The van der Waals surface area contributed by atoms with Crippen LogP contribution in [0.25, 0.3) is 0 Å². The lowest BCUT2D eigenvalue weighted by Crippen LogP contribution is -2.27. The zero-order valence-corrected chi connectivity index (χ0v) is 12.1. The minimum atomic E-state index is -0.370. The van der Waals surface area contributed by atoms with Gasteiger partial charge in [-0.05, 0) is 26.8 Å². The number of nitrogens with zero attached hydrogens (tertiary/aromatic N) is 1. The van der Waals surface area contributed by atoms with Crippen LogP contribution in [0.4, 0.5) is 0 Å². The topological polar surface area (TPSA) is 54.3 Å². The van der Waals surface area contributed by atoms with E-state index >= 15 is 0 Å². The van der Waals surface area contributed by atoms with E-state index in [9.17, 15) is 0 Å². The normalized spacial score (nSPS) is 10.9. The SMILES string of the molecule is CCOc1cccc(CNCC(C)(C)C#N)c1OC. The average molecular weight is 262 g/mol. The number of ether oxygens (including phenoxy) is 2. The van der Waals surface area contributed by atoms with E-state index in [0.717, 1.165) is 17.1 Å². The Morgan fingerprint density at radius 2 is 2.11 bits per heavy atom. The number of methoxy groups -OCH3 is 1. The molecule has 0 atom stereocenters. The second kappa shape index (κ2) is 7.01. The van der Waals surface area contributed by atoms with Gasteiger partial charge in [0.2, 0.25) is 0 Å². The third kappa shape index (κ3) is 4.46. The lowest BCUT2D eigenvalue weighted by atomic mass is 9.96. The van der Waals surface area contributed by atoms with E-state index in [1.807, 2.05) is 39.0 Å². The number of rotatable bonds is 7. The van der Waals surface area contributed by atoms with Crippen molar-refractivity contribution in [1.29, 1.82) is 5.26 Å². The fraction of sp³-hybridized carbons (Fsp3) is 0.533. The summed E-state index contributed by atoms with van der Waals surface area (Å²) in [4.78, 5) is 0. The first-order chi connectivity index (χ1) is 9.04. The molecule has 0 aliphatic rings. The second-order valence-corrected chi connectivity index (χ2v) is 4.98. The maximum absolute atomic E-state index is 8.97.